The smallest absolute Gasteiger partial charge is 0.236 e. The Labute approximate surface area is 105 Å². The Morgan fingerprint density at radius 1 is 1.59 bits per heavy atom. The first-order chi connectivity index (χ1) is 8.15. The number of likely N-dealkylation sites (N-methyl/N-ethyl adjacent to an activating group) is 1. The van der Waals surface area contributed by atoms with Crippen molar-refractivity contribution in [1.29, 1.82) is 0 Å². The summed E-state index contributed by atoms with van der Waals surface area (Å²) in [5.41, 5.74) is 0.886. The van der Waals surface area contributed by atoms with E-state index in [0.29, 0.717) is 19.0 Å². The lowest BCUT2D eigenvalue weighted by molar-refractivity contribution is 0.137. The number of aromatic nitrogens is 1. The average Bonchev–Trinajstić information content (AvgIpc) is 2.84. The molecule has 2 heterocycles. The largest absolute Gasteiger partial charge is 0.444 e. The lowest BCUT2D eigenvalue weighted by Gasteiger charge is -2.16. The highest BCUT2D eigenvalue weighted by Crippen LogP contribution is 2.23. The molecule has 0 aliphatic carbocycles. The van der Waals surface area contributed by atoms with Crippen molar-refractivity contribution < 1.29 is 9.52 Å². The Kier molecular flexibility index (Phi) is 3.93. The molecule has 0 fully saturated rings. The fourth-order valence-corrected chi connectivity index (χ4v) is 2.34. The summed E-state index contributed by atoms with van der Waals surface area (Å²) >= 11 is 1.61. The van der Waals surface area contributed by atoms with E-state index in [2.05, 4.69) is 4.98 Å². The van der Waals surface area contributed by atoms with Gasteiger partial charge in [0.1, 0.15) is 6.26 Å². The molecule has 1 N–H and O–H groups in total. The summed E-state index contributed by atoms with van der Waals surface area (Å²) in [5, 5.41) is 11.3. The molecule has 0 aliphatic heterocycles. The van der Waals surface area contributed by atoms with Gasteiger partial charge in [0.15, 0.2) is 0 Å². The second-order valence-corrected chi connectivity index (χ2v) is 5.11. The summed E-state index contributed by atoms with van der Waals surface area (Å²) in [5.74, 6) is 0.667. The zero-order valence-corrected chi connectivity index (χ0v) is 10.8. The third-order valence-corrected chi connectivity index (χ3v) is 3.15. The van der Waals surface area contributed by atoms with Crippen molar-refractivity contribution in [1.82, 2.24) is 9.88 Å². The van der Waals surface area contributed by atoms with Crippen molar-refractivity contribution in [3.8, 4) is 10.8 Å². The highest BCUT2D eigenvalue weighted by atomic mass is 32.1. The molecule has 0 aromatic carbocycles. The number of nitrogens with zero attached hydrogens (tertiary/aromatic N) is 2. The Morgan fingerprint density at radius 3 is 3.06 bits per heavy atom. The minimum Gasteiger partial charge on any atom is -0.444 e. The Bertz CT molecular complexity index is 451. The van der Waals surface area contributed by atoms with Crippen molar-refractivity contribution in [3.05, 3.63) is 29.5 Å². The summed E-state index contributed by atoms with van der Waals surface area (Å²) < 4.78 is 5.43. The molecule has 1 atom stereocenters. The van der Waals surface area contributed by atoms with E-state index in [9.17, 15) is 5.11 Å². The number of oxazole rings is 1. The van der Waals surface area contributed by atoms with Crippen LogP contribution in [-0.2, 0) is 6.54 Å². The number of hydrogen-bond donors (Lipinski definition) is 1. The van der Waals surface area contributed by atoms with Gasteiger partial charge in [-0.3, -0.25) is 4.90 Å². The molecule has 2 rings (SSSR count). The molecule has 92 valence electrons. The van der Waals surface area contributed by atoms with E-state index < -0.39 is 0 Å². The molecule has 0 amide bonds. The second kappa shape index (κ2) is 5.44. The van der Waals surface area contributed by atoms with Crippen molar-refractivity contribution in [2.45, 2.75) is 19.6 Å². The molecule has 0 spiro atoms. The van der Waals surface area contributed by atoms with Gasteiger partial charge in [-0.25, -0.2) is 4.98 Å². The highest BCUT2D eigenvalue weighted by molar-refractivity contribution is 7.13. The first-order valence-electron chi connectivity index (χ1n) is 5.50. The summed E-state index contributed by atoms with van der Waals surface area (Å²) in [4.78, 5) is 7.47. The van der Waals surface area contributed by atoms with Crippen molar-refractivity contribution in [2.75, 3.05) is 13.6 Å². The predicted octanol–water partition coefficient (Wildman–Crippen LogP) is 2.22. The van der Waals surface area contributed by atoms with E-state index >= 15 is 0 Å². The summed E-state index contributed by atoms with van der Waals surface area (Å²) in [6, 6.07) is 3.96. The molecule has 0 saturated carbocycles. The Morgan fingerprint density at radius 2 is 2.41 bits per heavy atom. The molecule has 17 heavy (non-hydrogen) atoms. The number of aliphatic hydroxyl groups excluding tert-OH is 1. The van der Waals surface area contributed by atoms with Crippen LogP contribution < -0.4 is 0 Å². The SMILES string of the molecule is CC(O)CN(C)Cc1coc(-c2cccs2)n1. The minimum absolute atomic E-state index is 0.330. The third kappa shape index (κ3) is 3.39. The molecule has 0 saturated heterocycles. The van der Waals surface area contributed by atoms with Crippen LogP contribution in [0.5, 0.6) is 0 Å². The second-order valence-electron chi connectivity index (χ2n) is 4.17. The average molecular weight is 252 g/mol. The normalized spacial score (nSPS) is 13.2. The van der Waals surface area contributed by atoms with Crippen molar-refractivity contribution in [2.24, 2.45) is 0 Å². The Hall–Kier alpha value is -1.17. The van der Waals surface area contributed by atoms with E-state index in [1.807, 2.05) is 29.5 Å². The predicted molar refractivity (Wildman–Crippen MR) is 67.8 cm³/mol. The van der Waals surface area contributed by atoms with E-state index in [1.54, 1.807) is 24.5 Å². The van der Waals surface area contributed by atoms with Crippen LogP contribution in [0, 0.1) is 0 Å². The molecule has 1 unspecified atom stereocenters. The van der Waals surface area contributed by atoms with Crippen LogP contribution >= 0.6 is 11.3 Å². The van der Waals surface area contributed by atoms with Crippen LogP contribution in [0.2, 0.25) is 0 Å². The van der Waals surface area contributed by atoms with E-state index in [4.69, 9.17) is 4.42 Å². The van der Waals surface area contributed by atoms with Crippen LogP contribution in [0.15, 0.2) is 28.2 Å². The van der Waals surface area contributed by atoms with Gasteiger partial charge in [-0.05, 0) is 25.4 Å². The van der Waals surface area contributed by atoms with E-state index in [1.165, 1.54) is 0 Å². The number of hydrogen-bond acceptors (Lipinski definition) is 5. The van der Waals surface area contributed by atoms with E-state index in [0.717, 1.165) is 10.6 Å². The van der Waals surface area contributed by atoms with Crippen molar-refractivity contribution >= 4 is 11.3 Å². The van der Waals surface area contributed by atoms with E-state index in [-0.39, 0.29) is 6.10 Å². The molecule has 5 heteroatoms. The van der Waals surface area contributed by atoms with Gasteiger partial charge in [0.25, 0.3) is 0 Å². The van der Waals surface area contributed by atoms with Crippen LogP contribution in [0.3, 0.4) is 0 Å². The first kappa shape index (κ1) is 12.3. The van der Waals surface area contributed by atoms with Crippen LogP contribution in [0.25, 0.3) is 10.8 Å². The maximum atomic E-state index is 9.27. The monoisotopic (exact) mass is 252 g/mol. The molecular weight excluding hydrogens is 236 g/mol. The minimum atomic E-state index is -0.330. The fraction of sp³-hybridized carbons (Fsp3) is 0.417. The van der Waals surface area contributed by atoms with Crippen LogP contribution in [0.4, 0.5) is 0 Å². The maximum Gasteiger partial charge on any atom is 0.236 e. The number of thiophene rings is 1. The molecule has 2 aromatic heterocycles. The molecular formula is C12H16N2O2S. The lowest BCUT2D eigenvalue weighted by Crippen LogP contribution is -2.26. The zero-order chi connectivity index (χ0) is 12.3. The quantitative estimate of drug-likeness (QED) is 0.886. The third-order valence-electron chi connectivity index (χ3n) is 2.29. The Balaban J connectivity index is 1.99. The van der Waals surface area contributed by atoms with Crippen LogP contribution in [0.1, 0.15) is 12.6 Å². The van der Waals surface area contributed by atoms with Gasteiger partial charge in [-0.15, -0.1) is 11.3 Å². The van der Waals surface area contributed by atoms with Gasteiger partial charge >= 0.3 is 0 Å². The highest BCUT2D eigenvalue weighted by Gasteiger charge is 2.10. The summed E-state index contributed by atoms with van der Waals surface area (Å²) in [6.07, 6.45) is 1.34. The van der Waals surface area contributed by atoms with Crippen LogP contribution in [-0.4, -0.2) is 34.7 Å². The molecule has 2 aromatic rings. The lowest BCUT2D eigenvalue weighted by atomic mass is 10.3. The van der Waals surface area contributed by atoms with Gasteiger partial charge in [0.2, 0.25) is 5.89 Å². The zero-order valence-electron chi connectivity index (χ0n) is 9.96. The number of rotatable bonds is 5. The van der Waals surface area contributed by atoms with Gasteiger partial charge < -0.3 is 9.52 Å². The first-order valence-corrected chi connectivity index (χ1v) is 6.38. The molecule has 4 nitrogen and oxygen atoms in total. The van der Waals surface area contributed by atoms with Gasteiger partial charge in [-0.1, -0.05) is 6.07 Å². The number of aliphatic hydroxyl groups is 1. The maximum absolute atomic E-state index is 9.27. The molecule has 0 aliphatic rings. The molecule has 0 bridgehead atoms. The fourth-order valence-electron chi connectivity index (χ4n) is 1.69. The standard InChI is InChI=1S/C12H16N2O2S/c1-9(15)6-14(2)7-10-8-16-12(13-10)11-4-3-5-17-11/h3-5,8-9,15H,6-7H2,1-2H3. The summed E-state index contributed by atoms with van der Waals surface area (Å²) in [7, 11) is 1.95. The van der Waals surface area contributed by atoms with Gasteiger partial charge in [0, 0.05) is 13.1 Å². The van der Waals surface area contributed by atoms with Crippen molar-refractivity contribution in [3.63, 3.8) is 0 Å². The van der Waals surface area contributed by atoms with Gasteiger partial charge in [0.05, 0.1) is 16.7 Å². The topological polar surface area (TPSA) is 49.5 Å². The molecule has 0 radical (unpaired) electrons. The summed E-state index contributed by atoms with van der Waals surface area (Å²) in [6.45, 7) is 3.08. The van der Waals surface area contributed by atoms with Gasteiger partial charge in [-0.2, -0.15) is 0 Å².